The molecule has 0 heterocycles. The van der Waals surface area contributed by atoms with Gasteiger partial charge in [0.15, 0.2) is 5.01 Å². The van der Waals surface area contributed by atoms with Gasteiger partial charge in [-0.1, -0.05) is 36.4 Å². The van der Waals surface area contributed by atoms with E-state index in [1.165, 1.54) is 0 Å². The second-order valence-electron chi connectivity index (χ2n) is 3.48. The minimum absolute atomic E-state index is 0.279. The molecule has 2 aromatic carbocycles. The third-order valence-electron chi connectivity index (χ3n) is 2.28. The van der Waals surface area contributed by atoms with Gasteiger partial charge in [0, 0.05) is 0 Å². The van der Waals surface area contributed by atoms with Gasteiger partial charge in [-0.3, -0.25) is 0 Å². The Morgan fingerprint density at radius 1 is 1.19 bits per heavy atom. The molecule has 2 aromatic rings. The van der Waals surface area contributed by atoms with Gasteiger partial charge in [-0.25, -0.2) is 4.79 Å². The first kappa shape index (κ1) is 11.1. The minimum atomic E-state index is -0.304. The largest absolute Gasteiger partial charge is 0.447 e. The lowest BCUT2D eigenvalue weighted by Gasteiger charge is -2.08. The van der Waals surface area contributed by atoms with Crippen LogP contribution in [0.25, 0.3) is 10.8 Å². The molecule has 0 saturated heterocycles. The zero-order valence-electron chi connectivity index (χ0n) is 8.81. The summed E-state index contributed by atoms with van der Waals surface area (Å²) >= 11 is 3.19. The van der Waals surface area contributed by atoms with E-state index in [9.17, 15) is 4.79 Å². The van der Waals surface area contributed by atoms with E-state index in [-0.39, 0.29) is 11.0 Å². The van der Waals surface area contributed by atoms with Crippen LogP contribution < -0.4 is 0 Å². The topological polar surface area (TPSA) is 26.3 Å². The van der Waals surface area contributed by atoms with E-state index in [4.69, 9.17) is 4.74 Å². The van der Waals surface area contributed by atoms with Crippen LogP contribution in [-0.4, -0.2) is 11.0 Å². The van der Waals surface area contributed by atoms with Gasteiger partial charge in [0.05, 0.1) is 5.56 Å². The van der Waals surface area contributed by atoms with Crippen LogP contribution in [0.1, 0.15) is 17.3 Å². The summed E-state index contributed by atoms with van der Waals surface area (Å²) in [6.45, 7) is 1.77. The van der Waals surface area contributed by atoms with E-state index in [2.05, 4.69) is 15.9 Å². The molecule has 1 unspecified atom stereocenters. The number of hydrogen-bond acceptors (Lipinski definition) is 2. The van der Waals surface area contributed by atoms with Gasteiger partial charge in [0.2, 0.25) is 0 Å². The summed E-state index contributed by atoms with van der Waals surface area (Å²) in [6, 6.07) is 13.4. The van der Waals surface area contributed by atoms with Gasteiger partial charge < -0.3 is 4.74 Å². The van der Waals surface area contributed by atoms with Crippen LogP contribution in [0.3, 0.4) is 0 Å². The molecule has 0 saturated carbocycles. The number of ether oxygens (including phenoxy) is 1. The van der Waals surface area contributed by atoms with E-state index >= 15 is 0 Å². The van der Waals surface area contributed by atoms with Crippen LogP contribution in [0.4, 0.5) is 0 Å². The second-order valence-corrected chi connectivity index (χ2v) is 4.76. The molecule has 0 N–H and O–H groups in total. The van der Waals surface area contributed by atoms with Gasteiger partial charge >= 0.3 is 5.97 Å². The number of fused-ring (bicyclic) bond motifs is 1. The summed E-state index contributed by atoms with van der Waals surface area (Å²) in [5, 5.41) is 1.68. The van der Waals surface area contributed by atoms with E-state index in [0.29, 0.717) is 5.56 Å². The third-order valence-corrected chi connectivity index (χ3v) is 2.47. The lowest BCUT2D eigenvalue weighted by molar-refractivity contribution is 0.0493. The number of carbonyl (C=O) groups excluding carboxylic acids is 1. The van der Waals surface area contributed by atoms with Crippen LogP contribution in [-0.2, 0) is 4.74 Å². The van der Waals surface area contributed by atoms with Crippen LogP contribution in [0.2, 0.25) is 0 Å². The highest BCUT2D eigenvalue weighted by atomic mass is 79.9. The maximum Gasteiger partial charge on any atom is 0.339 e. The molecule has 0 aliphatic carbocycles. The van der Waals surface area contributed by atoms with Crippen LogP contribution in [0.5, 0.6) is 0 Å². The first-order chi connectivity index (χ1) is 7.68. The number of rotatable bonds is 2. The molecule has 16 heavy (non-hydrogen) atoms. The SMILES string of the molecule is CC(Br)OC(=O)c1cccc2ccccc12. The molecule has 2 rings (SSSR count). The summed E-state index contributed by atoms with van der Waals surface area (Å²) < 4.78 is 5.12. The number of benzene rings is 2. The molecule has 0 fully saturated rings. The summed E-state index contributed by atoms with van der Waals surface area (Å²) in [5.74, 6) is -0.304. The second kappa shape index (κ2) is 4.66. The fourth-order valence-corrected chi connectivity index (χ4v) is 1.78. The average molecular weight is 279 g/mol. The molecule has 0 aliphatic rings. The van der Waals surface area contributed by atoms with E-state index in [0.717, 1.165) is 10.8 Å². The molecule has 2 nitrogen and oxygen atoms in total. The number of halogens is 1. The fraction of sp³-hybridized carbons (Fsp3) is 0.154. The zero-order chi connectivity index (χ0) is 11.5. The minimum Gasteiger partial charge on any atom is -0.447 e. The molecule has 3 heteroatoms. The Kier molecular flexibility index (Phi) is 3.25. The molecular formula is C13H11BrO2. The molecule has 0 aromatic heterocycles. The van der Waals surface area contributed by atoms with Gasteiger partial charge in [-0.05, 0) is 39.7 Å². The maximum absolute atomic E-state index is 11.8. The lowest BCUT2D eigenvalue weighted by atomic mass is 10.1. The first-order valence-corrected chi connectivity index (χ1v) is 5.93. The van der Waals surface area contributed by atoms with Crippen molar-refractivity contribution in [2.24, 2.45) is 0 Å². The lowest BCUT2D eigenvalue weighted by Crippen LogP contribution is -2.09. The number of hydrogen-bond donors (Lipinski definition) is 0. The fourth-order valence-electron chi connectivity index (χ4n) is 1.61. The maximum atomic E-state index is 11.8. The number of alkyl halides is 1. The van der Waals surface area contributed by atoms with Crippen LogP contribution in [0, 0.1) is 0 Å². The quantitative estimate of drug-likeness (QED) is 0.618. The smallest absolute Gasteiger partial charge is 0.339 e. The average Bonchev–Trinajstić information content (AvgIpc) is 2.27. The van der Waals surface area contributed by atoms with Crippen molar-refractivity contribution in [2.45, 2.75) is 11.9 Å². The van der Waals surface area contributed by atoms with E-state index in [1.54, 1.807) is 13.0 Å². The van der Waals surface area contributed by atoms with Gasteiger partial charge in [0.25, 0.3) is 0 Å². The van der Waals surface area contributed by atoms with Crippen molar-refractivity contribution >= 4 is 32.7 Å². The molecular weight excluding hydrogens is 268 g/mol. The Balaban J connectivity index is 2.48. The molecule has 0 spiro atoms. The van der Waals surface area contributed by atoms with Crippen LogP contribution >= 0.6 is 15.9 Å². The summed E-state index contributed by atoms with van der Waals surface area (Å²) in [7, 11) is 0. The number of esters is 1. The highest BCUT2D eigenvalue weighted by Crippen LogP contribution is 2.20. The van der Waals surface area contributed by atoms with Crippen molar-refractivity contribution in [3.8, 4) is 0 Å². The first-order valence-electron chi connectivity index (χ1n) is 5.01. The number of carbonyl (C=O) groups is 1. The monoisotopic (exact) mass is 278 g/mol. The van der Waals surface area contributed by atoms with Crippen LogP contribution in [0.15, 0.2) is 42.5 Å². The highest BCUT2D eigenvalue weighted by molar-refractivity contribution is 9.09. The third kappa shape index (κ3) is 2.25. The highest BCUT2D eigenvalue weighted by Gasteiger charge is 2.12. The van der Waals surface area contributed by atoms with Crippen molar-refractivity contribution in [3.05, 3.63) is 48.0 Å². The molecule has 0 amide bonds. The zero-order valence-corrected chi connectivity index (χ0v) is 10.4. The Labute approximate surface area is 102 Å². The van der Waals surface area contributed by atoms with E-state index in [1.807, 2.05) is 36.4 Å². The predicted octanol–water partition coefficient (Wildman–Crippen LogP) is 3.74. The summed E-state index contributed by atoms with van der Waals surface area (Å²) in [5.41, 5.74) is 0.601. The van der Waals surface area contributed by atoms with Gasteiger partial charge in [0.1, 0.15) is 0 Å². The molecule has 0 bridgehead atoms. The van der Waals surface area contributed by atoms with Gasteiger partial charge in [-0.15, -0.1) is 0 Å². The van der Waals surface area contributed by atoms with E-state index < -0.39 is 0 Å². The van der Waals surface area contributed by atoms with Gasteiger partial charge in [-0.2, -0.15) is 0 Å². The predicted molar refractivity (Wildman–Crippen MR) is 67.8 cm³/mol. The summed E-state index contributed by atoms with van der Waals surface area (Å²) in [4.78, 5) is 11.8. The molecule has 82 valence electrons. The van der Waals surface area contributed by atoms with Crippen molar-refractivity contribution < 1.29 is 9.53 Å². The van der Waals surface area contributed by atoms with Crippen molar-refractivity contribution in [3.63, 3.8) is 0 Å². The molecule has 1 atom stereocenters. The Morgan fingerprint density at radius 3 is 2.62 bits per heavy atom. The Morgan fingerprint density at radius 2 is 1.88 bits per heavy atom. The molecule has 0 radical (unpaired) electrons. The Hall–Kier alpha value is -1.35. The van der Waals surface area contributed by atoms with Crippen molar-refractivity contribution in [2.75, 3.05) is 0 Å². The molecule has 0 aliphatic heterocycles. The summed E-state index contributed by atoms with van der Waals surface area (Å²) in [6.07, 6.45) is 0. The van der Waals surface area contributed by atoms with Crippen molar-refractivity contribution in [1.29, 1.82) is 0 Å². The standard InChI is InChI=1S/C13H11BrO2/c1-9(14)16-13(15)12-8-4-6-10-5-2-3-7-11(10)12/h2-9H,1H3. The normalized spacial score (nSPS) is 12.4. The van der Waals surface area contributed by atoms with Crippen molar-refractivity contribution in [1.82, 2.24) is 0 Å². The Bertz CT molecular complexity index is 515.